The van der Waals surface area contributed by atoms with Gasteiger partial charge in [-0.15, -0.1) is 0 Å². The van der Waals surface area contributed by atoms with Crippen LogP contribution in [0.25, 0.3) is 10.8 Å². The van der Waals surface area contributed by atoms with E-state index in [0.717, 1.165) is 37.6 Å². The number of benzene rings is 2. The lowest BCUT2D eigenvalue weighted by Crippen LogP contribution is -1.98. The molecule has 0 bridgehead atoms. The average molecular weight is 300 g/mol. The van der Waals surface area contributed by atoms with Gasteiger partial charge in [-0.2, -0.15) is 0 Å². The summed E-state index contributed by atoms with van der Waals surface area (Å²) in [6.45, 7) is 6.01. The van der Waals surface area contributed by atoms with Gasteiger partial charge in [0.15, 0.2) is 0 Å². The van der Waals surface area contributed by atoms with Gasteiger partial charge in [0.05, 0.1) is 13.2 Å². The lowest BCUT2D eigenvalue weighted by Gasteiger charge is -2.09. The third-order valence-electron chi connectivity index (χ3n) is 3.82. The van der Waals surface area contributed by atoms with Gasteiger partial charge in [0.25, 0.3) is 0 Å². The van der Waals surface area contributed by atoms with Gasteiger partial charge in [0, 0.05) is 0 Å². The Balaban J connectivity index is 1.96. The highest BCUT2D eigenvalue weighted by atomic mass is 16.5. The number of hydrogen-bond donors (Lipinski definition) is 0. The van der Waals surface area contributed by atoms with Crippen LogP contribution in [0.15, 0.2) is 36.4 Å². The predicted octanol–water partition coefficient (Wildman–Crippen LogP) is 5.98. The molecule has 0 unspecified atom stereocenters. The molecular weight excluding hydrogens is 272 g/mol. The molecule has 0 aromatic heterocycles. The van der Waals surface area contributed by atoms with E-state index in [1.807, 2.05) is 0 Å². The van der Waals surface area contributed by atoms with E-state index >= 15 is 0 Å². The van der Waals surface area contributed by atoms with E-state index in [0.29, 0.717) is 0 Å². The van der Waals surface area contributed by atoms with Crippen molar-refractivity contribution in [3.05, 3.63) is 36.4 Å². The molecular formula is C20H28O2. The molecule has 0 aliphatic heterocycles. The quantitative estimate of drug-likeness (QED) is 0.503. The van der Waals surface area contributed by atoms with Gasteiger partial charge in [-0.05, 0) is 47.9 Å². The molecule has 0 heterocycles. The molecule has 0 saturated heterocycles. The van der Waals surface area contributed by atoms with Crippen molar-refractivity contribution < 1.29 is 9.47 Å². The average Bonchev–Trinajstić information content (AvgIpc) is 2.55. The van der Waals surface area contributed by atoms with Crippen molar-refractivity contribution in [2.75, 3.05) is 13.2 Å². The minimum Gasteiger partial charge on any atom is -0.494 e. The minimum atomic E-state index is 0.798. The molecule has 0 spiro atoms. The van der Waals surface area contributed by atoms with E-state index in [9.17, 15) is 0 Å². The summed E-state index contributed by atoms with van der Waals surface area (Å²) in [5, 5.41) is 2.41. The van der Waals surface area contributed by atoms with Crippen LogP contribution < -0.4 is 9.47 Å². The smallest absolute Gasteiger partial charge is 0.119 e. The Morgan fingerprint density at radius 2 is 1.14 bits per heavy atom. The summed E-state index contributed by atoms with van der Waals surface area (Å²) in [6.07, 6.45) is 7.14. The molecule has 22 heavy (non-hydrogen) atoms. The molecule has 0 radical (unpaired) electrons. The van der Waals surface area contributed by atoms with Crippen LogP contribution >= 0.6 is 0 Å². The monoisotopic (exact) mass is 300 g/mol. The lowest BCUT2D eigenvalue weighted by molar-refractivity contribution is 0.305. The normalized spacial score (nSPS) is 10.8. The van der Waals surface area contributed by atoms with Crippen LogP contribution in [0.3, 0.4) is 0 Å². The molecule has 2 rings (SSSR count). The van der Waals surface area contributed by atoms with Gasteiger partial charge < -0.3 is 9.47 Å². The van der Waals surface area contributed by atoms with Crippen LogP contribution in [-0.4, -0.2) is 13.2 Å². The third kappa shape index (κ3) is 5.25. The zero-order valence-corrected chi connectivity index (χ0v) is 13.9. The van der Waals surface area contributed by atoms with Crippen molar-refractivity contribution in [2.45, 2.75) is 52.4 Å². The highest BCUT2D eigenvalue weighted by Gasteiger charge is 2.01. The van der Waals surface area contributed by atoms with Crippen LogP contribution in [0.4, 0.5) is 0 Å². The first-order valence-corrected chi connectivity index (χ1v) is 8.63. The number of unbranched alkanes of at least 4 members (excludes halogenated alkanes) is 4. The second-order valence-corrected chi connectivity index (χ2v) is 5.78. The van der Waals surface area contributed by atoms with E-state index in [4.69, 9.17) is 9.47 Å². The molecule has 0 fully saturated rings. The molecule has 0 aliphatic rings. The van der Waals surface area contributed by atoms with E-state index in [1.165, 1.54) is 36.5 Å². The SMILES string of the molecule is CCCCCOc1ccc2ccc(OCCCCC)cc2c1. The van der Waals surface area contributed by atoms with Crippen molar-refractivity contribution in [2.24, 2.45) is 0 Å². The zero-order valence-electron chi connectivity index (χ0n) is 13.9. The Labute approximate surface area is 134 Å². The standard InChI is InChI=1S/C20H28O2/c1-3-5-7-13-21-19-11-9-17-10-12-20(16-18(17)15-19)22-14-8-6-4-2/h9-12,15-16H,3-8,13-14H2,1-2H3. The summed E-state index contributed by atoms with van der Waals surface area (Å²) < 4.78 is 11.7. The van der Waals surface area contributed by atoms with Crippen LogP contribution in [0.2, 0.25) is 0 Å². The third-order valence-corrected chi connectivity index (χ3v) is 3.82. The van der Waals surface area contributed by atoms with E-state index in [-0.39, 0.29) is 0 Å². The van der Waals surface area contributed by atoms with Gasteiger partial charge in [0.1, 0.15) is 11.5 Å². The Kier molecular flexibility index (Phi) is 7.08. The zero-order chi connectivity index (χ0) is 15.6. The molecule has 0 atom stereocenters. The molecule has 120 valence electrons. The fourth-order valence-electron chi connectivity index (χ4n) is 2.47. The van der Waals surface area contributed by atoms with E-state index < -0.39 is 0 Å². The van der Waals surface area contributed by atoms with Gasteiger partial charge in [0.2, 0.25) is 0 Å². The van der Waals surface area contributed by atoms with E-state index in [2.05, 4.69) is 50.2 Å². The molecule has 0 saturated carbocycles. The molecule has 0 aliphatic carbocycles. The van der Waals surface area contributed by atoms with Crippen molar-refractivity contribution in [3.8, 4) is 11.5 Å². The Morgan fingerprint density at radius 1 is 0.636 bits per heavy atom. The maximum Gasteiger partial charge on any atom is 0.119 e. The van der Waals surface area contributed by atoms with Crippen molar-refractivity contribution in [1.29, 1.82) is 0 Å². The summed E-state index contributed by atoms with van der Waals surface area (Å²) in [5.41, 5.74) is 0. The Hall–Kier alpha value is -1.70. The highest BCUT2D eigenvalue weighted by Crippen LogP contribution is 2.25. The van der Waals surface area contributed by atoms with E-state index in [1.54, 1.807) is 0 Å². The molecule has 2 heteroatoms. The lowest BCUT2D eigenvalue weighted by atomic mass is 10.1. The topological polar surface area (TPSA) is 18.5 Å². The van der Waals surface area contributed by atoms with Crippen molar-refractivity contribution in [3.63, 3.8) is 0 Å². The van der Waals surface area contributed by atoms with Crippen molar-refractivity contribution in [1.82, 2.24) is 0 Å². The summed E-state index contributed by atoms with van der Waals surface area (Å²) >= 11 is 0. The molecule has 0 amide bonds. The molecule has 2 aromatic carbocycles. The number of fused-ring (bicyclic) bond motifs is 1. The minimum absolute atomic E-state index is 0.798. The maximum atomic E-state index is 5.83. The number of rotatable bonds is 10. The second kappa shape index (κ2) is 9.34. The Bertz CT molecular complexity index is 516. The maximum absolute atomic E-state index is 5.83. The van der Waals surface area contributed by atoms with Gasteiger partial charge in [-0.1, -0.05) is 51.7 Å². The highest BCUT2D eigenvalue weighted by molar-refractivity contribution is 5.85. The van der Waals surface area contributed by atoms with Crippen LogP contribution in [0.1, 0.15) is 52.4 Å². The first-order valence-electron chi connectivity index (χ1n) is 8.63. The van der Waals surface area contributed by atoms with Crippen LogP contribution in [0, 0.1) is 0 Å². The molecule has 2 aromatic rings. The number of hydrogen-bond acceptors (Lipinski definition) is 2. The molecule has 2 nitrogen and oxygen atoms in total. The second-order valence-electron chi connectivity index (χ2n) is 5.78. The summed E-state index contributed by atoms with van der Waals surface area (Å²) in [6, 6.07) is 12.6. The predicted molar refractivity (Wildman–Crippen MR) is 94.0 cm³/mol. The summed E-state index contributed by atoms with van der Waals surface area (Å²) in [7, 11) is 0. The van der Waals surface area contributed by atoms with Crippen LogP contribution in [0.5, 0.6) is 11.5 Å². The van der Waals surface area contributed by atoms with Crippen molar-refractivity contribution >= 4 is 10.8 Å². The first kappa shape index (κ1) is 16.7. The van der Waals surface area contributed by atoms with Gasteiger partial charge in [-0.3, -0.25) is 0 Å². The number of ether oxygens (including phenoxy) is 2. The fraction of sp³-hybridized carbons (Fsp3) is 0.500. The largest absolute Gasteiger partial charge is 0.494 e. The van der Waals surface area contributed by atoms with Crippen LogP contribution in [-0.2, 0) is 0 Å². The Morgan fingerprint density at radius 3 is 1.59 bits per heavy atom. The van der Waals surface area contributed by atoms with Gasteiger partial charge in [-0.25, -0.2) is 0 Å². The first-order chi connectivity index (χ1) is 10.8. The summed E-state index contributed by atoms with van der Waals surface area (Å²) in [5.74, 6) is 1.90. The summed E-state index contributed by atoms with van der Waals surface area (Å²) in [4.78, 5) is 0. The molecule has 0 N–H and O–H groups in total. The van der Waals surface area contributed by atoms with Gasteiger partial charge >= 0.3 is 0 Å². The fourth-order valence-corrected chi connectivity index (χ4v) is 2.47.